The monoisotopic (exact) mass is 657 g/mol. The van der Waals surface area contributed by atoms with E-state index in [9.17, 15) is 31.2 Å². The molecule has 2 atom stereocenters. The molecule has 0 unspecified atom stereocenters. The van der Waals surface area contributed by atoms with Crippen molar-refractivity contribution in [3.05, 3.63) is 99.5 Å². The van der Waals surface area contributed by atoms with Gasteiger partial charge in [-0.05, 0) is 54.8 Å². The smallest absolute Gasteiger partial charge is 0.352 e. The number of alkyl halides is 3. The number of rotatable bonds is 12. The van der Waals surface area contributed by atoms with Crippen LogP contribution in [0.2, 0.25) is 10.0 Å². The fraction of sp³-hybridized carbons (Fsp3) is 0.333. The molecule has 0 aromatic heterocycles. The quantitative estimate of drug-likeness (QED) is 0.247. The van der Waals surface area contributed by atoms with E-state index in [1.165, 1.54) is 17.0 Å². The van der Waals surface area contributed by atoms with E-state index >= 15 is 0 Å². The molecule has 0 heterocycles. The molecule has 3 rings (SSSR count). The average Bonchev–Trinajstić information content (AvgIpc) is 2.93. The highest BCUT2D eigenvalue weighted by Gasteiger charge is 2.35. The van der Waals surface area contributed by atoms with Crippen LogP contribution in [0.4, 0.5) is 18.9 Å². The Labute approximate surface area is 259 Å². The fourth-order valence-electron chi connectivity index (χ4n) is 4.28. The first-order valence-electron chi connectivity index (χ1n) is 13.3. The van der Waals surface area contributed by atoms with Crippen LogP contribution in [-0.4, -0.2) is 50.0 Å². The number of nitrogens with one attached hydrogen (secondary N) is 1. The second kappa shape index (κ2) is 14.5. The van der Waals surface area contributed by atoms with Gasteiger partial charge in [-0.25, -0.2) is 8.42 Å². The molecule has 0 bridgehead atoms. The van der Waals surface area contributed by atoms with Gasteiger partial charge in [-0.1, -0.05) is 72.6 Å². The van der Waals surface area contributed by atoms with Crippen LogP contribution < -0.4 is 9.62 Å². The van der Waals surface area contributed by atoms with Gasteiger partial charge in [0.15, 0.2) is 0 Å². The number of hydrogen-bond acceptors (Lipinski definition) is 4. The third kappa shape index (κ3) is 9.61. The number of amides is 2. The van der Waals surface area contributed by atoms with Crippen molar-refractivity contribution in [2.75, 3.05) is 17.1 Å². The molecule has 3 aromatic rings. The normalized spacial score (nSPS) is 13.2. The summed E-state index contributed by atoms with van der Waals surface area (Å²) in [5, 5.41) is 3.44. The van der Waals surface area contributed by atoms with E-state index < -0.39 is 46.2 Å². The van der Waals surface area contributed by atoms with Gasteiger partial charge in [-0.2, -0.15) is 13.2 Å². The highest BCUT2D eigenvalue weighted by atomic mass is 35.5. The van der Waals surface area contributed by atoms with Crippen LogP contribution in [-0.2, 0) is 38.8 Å². The van der Waals surface area contributed by atoms with Crippen molar-refractivity contribution < 1.29 is 31.2 Å². The summed E-state index contributed by atoms with van der Waals surface area (Å²) in [5.74, 6) is -1.31. The largest absolute Gasteiger partial charge is 0.416 e. The highest BCUT2D eigenvalue weighted by Crippen LogP contribution is 2.32. The van der Waals surface area contributed by atoms with Gasteiger partial charge in [-0.15, -0.1) is 0 Å². The molecule has 2 amide bonds. The summed E-state index contributed by atoms with van der Waals surface area (Å²) in [6.07, 6.45) is -3.27. The lowest BCUT2D eigenvalue weighted by Crippen LogP contribution is -2.54. The Bertz CT molecular complexity index is 1540. The van der Waals surface area contributed by atoms with E-state index in [1.807, 2.05) is 6.92 Å². The molecule has 0 radical (unpaired) electrons. The van der Waals surface area contributed by atoms with Crippen molar-refractivity contribution in [3.8, 4) is 0 Å². The summed E-state index contributed by atoms with van der Waals surface area (Å²) < 4.78 is 66.6. The van der Waals surface area contributed by atoms with E-state index in [0.29, 0.717) is 27.4 Å². The summed E-state index contributed by atoms with van der Waals surface area (Å²) in [6, 6.07) is 15.9. The number of carbonyl (C=O) groups excluding carboxylic acids is 2. The molecule has 0 saturated heterocycles. The van der Waals surface area contributed by atoms with Crippen molar-refractivity contribution in [1.29, 1.82) is 0 Å². The number of anilines is 1. The van der Waals surface area contributed by atoms with Crippen LogP contribution in [0.3, 0.4) is 0 Å². The first-order valence-corrected chi connectivity index (χ1v) is 15.9. The van der Waals surface area contributed by atoms with Gasteiger partial charge in [0.05, 0.1) is 17.5 Å². The molecule has 0 aliphatic carbocycles. The molecule has 0 fully saturated rings. The van der Waals surface area contributed by atoms with Gasteiger partial charge in [0, 0.05) is 29.1 Å². The third-order valence-electron chi connectivity index (χ3n) is 6.77. The van der Waals surface area contributed by atoms with Crippen molar-refractivity contribution in [2.24, 2.45) is 0 Å². The minimum atomic E-state index is -4.74. The minimum Gasteiger partial charge on any atom is -0.352 e. The van der Waals surface area contributed by atoms with Gasteiger partial charge < -0.3 is 10.2 Å². The Morgan fingerprint density at radius 1 is 0.977 bits per heavy atom. The van der Waals surface area contributed by atoms with Crippen LogP contribution in [0.25, 0.3) is 0 Å². The number of halogens is 5. The Morgan fingerprint density at radius 3 is 2.23 bits per heavy atom. The predicted molar refractivity (Wildman–Crippen MR) is 162 cm³/mol. The third-order valence-corrected chi connectivity index (χ3v) is 8.50. The molecule has 0 aliphatic heterocycles. The Balaban J connectivity index is 2.11. The zero-order valence-electron chi connectivity index (χ0n) is 23.7. The van der Waals surface area contributed by atoms with Crippen LogP contribution in [0.5, 0.6) is 0 Å². The van der Waals surface area contributed by atoms with Crippen molar-refractivity contribution in [1.82, 2.24) is 10.2 Å². The maximum Gasteiger partial charge on any atom is 0.416 e. The lowest BCUT2D eigenvalue weighted by molar-refractivity contribution is -0.140. The van der Waals surface area contributed by atoms with Crippen molar-refractivity contribution in [2.45, 2.75) is 51.5 Å². The summed E-state index contributed by atoms with van der Waals surface area (Å²) in [4.78, 5) is 29.0. The molecule has 232 valence electrons. The molecular weight excluding hydrogens is 626 g/mol. The Morgan fingerprint density at radius 2 is 1.65 bits per heavy atom. The van der Waals surface area contributed by atoms with Gasteiger partial charge >= 0.3 is 6.18 Å². The molecular formula is C30H32Cl2F3N3O4S. The van der Waals surface area contributed by atoms with Crippen LogP contribution >= 0.6 is 23.2 Å². The standard InChI is InChI=1S/C30H32Cl2F3N3O4S/c1-4-20(2)36-29(40)27(15-21-9-6-5-7-10-21)37(18-22-13-14-24(31)17-26(22)32)28(39)19-38(43(3,41)42)25-12-8-11-23(16-25)30(33,34)35/h5-14,16-17,20,27H,4,15,18-19H2,1-3H3,(H,36,40)/t20-,27+/m0/s1. The number of benzene rings is 3. The summed E-state index contributed by atoms with van der Waals surface area (Å²) in [6.45, 7) is 2.61. The van der Waals surface area contributed by atoms with Gasteiger partial charge in [-0.3, -0.25) is 13.9 Å². The lowest BCUT2D eigenvalue weighted by Gasteiger charge is -2.34. The van der Waals surface area contributed by atoms with E-state index in [4.69, 9.17) is 23.2 Å². The zero-order chi connectivity index (χ0) is 31.9. The molecule has 0 aliphatic rings. The summed E-state index contributed by atoms with van der Waals surface area (Å²) in [5.41, 5.74) is -0.270. The number of sulfonamides is 1. The molecule has 0 spiro atoms. The average molecular weight is 659 g/mol. The summed E-state index contributed by atoms with van der Waals surface area (Å²) in [7, 11) is -4.25. The summed E-state index contributed by atoms with van der Waals surface area (Å²) >= 11 is 12.5. The Kier molecular flexibility index (Phi) is 11.5. The molecule has 43 heavy (non-hydrogen) atoms. The number of nitrogens with zero attached hydrogens (tertiary/aromatic N) is 2. The second-order valence-electron chi connectivity index (χ2n) is 10.1. The lowest BCUT2D eigenvalue weighted by atomic mass is 10.0. The molecule has 1 N–H and O–H groups in total. The van der Waals surface area contributed by atoms with Crippen LogP contribution in [0.1, 0.15) is 37.0 Å². The molecule has 7 nitrogen and oxygen atoms in total. The van der Waals surface area contributed by atoms with Crippen molar-refractivity contribution in [3.63, 3.8) is 0 Å². The minimum absolute atomic E-state index is 0.0719. The fourth-order valence-corrected chi connectivity index (χ4v) is 5.59. The first-order chi connectivity index (χ1) is 20.1. The van der Waals surface area contributed by atoms with Crippen LogP contribution in [0.15, 0.2) is 72.8 Å². The predicted octanol–water partition coefficient (Wildman–Crippen LogP) is 6.33. The van der Waals surface area contributed by atoms with E-state index in [2.05, 4.69) is 5.32 Å². The SMILES string of the molecule is CC[C@H](C)NC(=O)[C@@H](Cc1ccccc1)N(Cc1ccc(Cl)cc1Cl)C(=O)CN(c1cccc(C(F)(F)F)c1)S(C)(=O)=O. The topological polar surface area (TPSA) is 86.8 Å². The highest BCUT2D eigenvalue weighted by molar-refractivity contribution is 7.92. The van der Waals surface area contributed by atoms with Gasteiger partial charge in [0.2, 0.25) is 21.8 Å². The maximum absolute atomic E-state index is 14.1. The number of carbonyl (C=O) groups is 2. The Hall–Kier alpha value is -3.28. The second-order valence-corrected chi connectivity index (χ2v) is 12.8. The first kappa shape index (κ1) is 34.2. The zero-order valence-corrected chi connectivity index (χ0v) is 26.1. The van der Waals surface area contributed by atoms with Gasteiger partial charge in [0.25, 0.3) is 0 Å². The maximum atomic E-state index is 14.1. The van der Waals surface area contributed by atoms with E-state index in [1.54, 1.807) is 49.4 Å². The number of hydrogen-bond donors (Lipinski definition) is 1. The molecule has 3 aromatic carbocycles. The van der Waals surface area contributed by atoms with E-state index in [0.717, 1.165) is 24.0 Å². The van der Waals surface area contributed by atoms with Gasteiger partial charge in [0.1, 0.15) is 12.6 Å². The van der Waals surface area contributed by atoms with Crippen molar-refractivity contribution >= 4 is 50.7 Å². The molecule has 13 heteroatoms. The van der Waals surface area contributed by atoms with E-state index in [-0.39, 0.29) is 29.7 Å². The van der Waals surface area contributed by atoms with Crippen LogP contribution in [0, 0.1) is 0 Å². The molecule has 0 saturated carbocycles.